The van der Waals surface area contributed by atoms with Crippen molar-refractivity contribution in [1.82, 2.24) is 0 Å². The van der Waals surface area contributed by atoms with Crippen molar-refractivity contribution in [2.75, 3.05) is 14.2 Å². The van der Waals surface area contributed by atoms with Crippen LogP contribution in [-0.2, 0) is 0 Å². The van der Waals surface area contributed by atoms with Crippen LogP contribution in [-0.4, -0.2) is 14.2 Å². The Hall–Kier alpha value is -1.19. The van der Waals surface area contributed by atoms with Crippen LogP contribution in [0.5, 0.6) is 11.5 Å². The minimum atomic E-state index is -0.00347. The Labute approximate surface area is 126 Å². The maximum atomic E-state index is 6.03. The fourth-order valence-electron chi connectivity index (χ4n) is 1.88. The molecule has 2 aromatic carbocycles. The number of hydrogen-bond donors (Lipinski definition) is 0. The molecule has 19 heavy (non-hydrogen) atoms. The third-order valence-electron chi connectivity index (χ3n) is 2.85. The van der Waals surface area contributed by atoms with Crippen LogP contribution in [0.2, 0.25) is 5.02 Å². The molecule has 4 heteroatoms. The Kier molecular flexibility index (Phi) is 4.72. The largest absolute Gasteiger partial charge is 0.497 e. The number of benzene rings is 2. The highest BCUT2D eigenvalue weighted by atomic mass is 79.9. The first-order valence-corrected chi connectivity index (χ1v) is 7.06. The number of hydrogen-bond acceptors (Lipinski definition) is 2. The summed E-state index contributed by atoms with van der Waals surface area (Å²) >= 11 is 9.72. The number of ether oxygens (including phenoxy) is 2. The third-order valence-corrected chi connectivity index (χ3v) is 4.11. The molecule has 2 nitrogen and oxygen atoms in total. The SMILES string of the molecule is COc1ccc(OC)c(C(Br)c2cccc(Cl)c2)c1. The minimum absolute atomic E-state index is 0.00347. The molecule has 0 N–H and O–H groups in total. The molecule has 0 saturated heterocycles. The summed E-state index contributed by atoms with van der Waals surface area (Å²) in [7, 11) is 3.30. The van der Waals surface area contributed by atoms with Crippen LogP contribution in [0.3, 0.4) is 0 Å². The second-order valence-corrected chi connectivity index (χ2v) is 5.38. The molecule has 1 unspecified atom stereocenters. The molecule has 0 spiro atoms. The highest BCUT2D eigenvalue weighted by molar-refractivity contribution is 9.09. The van der Waals surface area contributed by atoms with Gasteiger partial charge in [-0.3, -0.25) is 0 Å². The van der Waals surface area contributed by atoms with Crippen LogP contribution in [0.4, 0.5) is 0 Å². The van der Waals surface area contributed by atoms with Crippen molar-refractivity contribution in [1.29, 1.82) is 0 Å². The van der Waals surface area contributed by atoms with Gasteiger partial charge in [-0.15, -0.1) is 0 Å². The summed E-state index contributed by atoms with van der Waals surface area (Å²) in [6, 6.07) is 13.5. The standard InChI is InChI=1S/C15H14BrClO2/c1-18-12-6-7-14(19-2)13(9-12)15(16)10-4-3-5-11(17)8-10/h3-9,15H,1-2H3. The molecule has 0 heterocycles. The molecule has 0 saturated carbocycles. The van der Waals surface area contributed by atoms with Gasteiger partial charge in [-0.05, 0) is 35.9 Å². The molecule has 0 aromatic heterocycles. The predicted octanol–water partition coefficient (Wildman–Crippen LogP) is 4.84. The first-order valence-electron chi connectivity index (χ1n) is 5.77. The van der Waals surface area contributed by atoms with Gasteiger partial charge in [0, 0.05) is 10.6 Å². The van der Waals surface area contributed by atoms with E-state index in [0.29, 0.717) is 5.02 Å². The second kappa shape index (κ2) is 6.31. The lowest BCUT2D eigenvalue weighted by molar-refractivity contribution is 0.399. The molecule has 1 atom stereocenters. The Morgan fingerprint density at radius 3 is 2.47 bits per heavy atom. The maximum absolute atomic E-state index is 6.03. The van der Waals surface area contributed by atoms with Gasteiger partial charge in [0.15, 0.2) is 0 Å². The zero-order chi connectivity index (χ0) is 13.8. The van der Waals surface area contributed by atoms with Crippen molar-refractivity contribution in [2.45, 2.75) is 4.83 Å². The van der Waals surface area contributed by atoms with Crippen LogP contribution in [0, 0.1) is 0 Å². The summed E-state index contributed by atoms with van der Waals surface area (Å²) in [6.45, 7) is 0. The van der Waals surface area contributed by atoms with Crippen molar-refractivity contribution in [2.24, 2.45) is 0 Å². The quantitative estimate of drug-likeness (QED) is 0.741. The van der Waals surface area contributed by atoms with E-state index in [1.54, 1.807) is 14.2 Å². The Bertz CT molecular complexity index is 572. The van der Waals surface area contributed by atoms with Gasteiger partial charge in [0.1, 0.15) is 11.5 Å². The van der Waals surface area contributed by atoms with Crippen LogP contribution in [0.25, 0.3) is 0 Å². The smallest absolute Gasteiger partial charge is 0.123 e. The van der Waals surface area contributed by atoms with Gasteiger partial charge in [0.25, 0.3) is 0 Å². The summed E-state index contributed by atoms with van der Waals surface area (Å²) in [4.78, 5) is -0.00347. The Balaban J connectivity index is 2.44. The summed E-state index contributed by atoms with van der Waals surface area (Å²) in [5.41, 5.74) is 2.07. The summed E-state index contributed by atoms with van der Waals surface area (Å²) in [5, 5.41) is 0.712. The first-order chi connectivity index (χ1) is 9.15. The van der Waals surface area contributed by atoms with E-state index in [1.165, 1.54) is 0 Å². The van der Waals surface area contributed by atoms with Crippen molar-refractivity contribution in [3.05, 3.63) is 58.6 Å². The van der Waals surface area contributed by atoms with E-state index in [-0.39, 0.29) is 4.83 Å². The van der Waals surface area contributed by atoms with Crippen molar-refractivity contribution < 1.29 is 9.47 Å². The van der Waals surface area contributed by atoms with E-state index in [1.807, 2.05) is 42.5 Å². The van der Waals surface area contributed by atoms with Crippen LogP contribution in [0.1, 0.15) is 16.0 Å². The van der Waals surface area contributed by atoms with Gasteiger partial charge in [-0.2, -0.15) is 0 Å². The van der Waals surface area contributed by atoms with Crippen molar-refractivity contribution >= 4 is 27.5 Å². The molecule has 0 aliphatic rings. The number of halogens is 2. The van der Waals surface area contributed by atoms with E-state index in [0.717, 1.165) is 22.6 Å². The Morgan fingerprint density at radius 2 is 1.84 bits per heavy atom. The normalized spacial score (nSPS) is 12.0. The number of rotatable bonds is 4. The summed E-state index contributed by atoms with van der Waals surface area (Å²) in [6.07, 6.45) is 0. The van der Waals surface area contributed by atoms with Gasteiger partial charge in [-0.1, -0.05) is 39.7 Å². The lowest BCUT2D eigenvalue weighted by atomic mass is 10.0. The maximum Gasteiger partial charge on any atom is 0.123 e. The van der Waals surface area contributed by atoms with E-state index in [2.05, 4.69) is 15.9 Å². The van der Waals surface area contributed by atoms with Gasteiger partial charge in [0.2, 0.25) is 0 Å². The van der Waals surface area contributed by atoms with E-state index in [4.69, 9.17) is 21.1 Å². The minimum Gasteiger partial charge on any atom is -0.497 e. The highest BCUT2D eigenvalue weighted by Crippen LogP contribution is 2.39. The molecular formula is C15H14BrClO2. The summed E-state index contributed by atoms with van der Waals surface area (Å²) < 4.78 is 10.7. The van der Waals surface area contributed by atoms with Crippen molar-refractivity contribution in [3.8, 4) is 11.5 Å². The van der Waals surface area contributed by atoms with Crippen LogP contribution < -0.4 is 9.47 Å². The van der Waals surface area contributed by atoms with Crippen LogP contribution in [0.15, 0.2) is 42.5 Å². The first kappa shape index (κ1) is 14.2. The number of alkyl halides is 1. The molecule has 0 radical (unpaired) electrons. The molecule has 0 aliphatic heterocycles. The van der Waals surface area contributed by atoms with E-state index in [9.17, 15) is 0 Å². The molecule has 2 aromatic rings. The molecular weight excluding hydrogens is 328 g/mol. The molecule has 0 amide bonds. The molecule has 0 fully saturated rings. The topological polar surface area (TPSA) is 18.5 Å². The third kappa shape index (κ3) is 3.23. The average Bonchev–Trinajstić information content (AvgIpc) is 2.45. The highest BCUT2D eigenvalue weighted by Gasteiger charge is 2.16. The second-order valence-electron chi connectivity index (χ2n) is 4.03. The molecule has 100 valence electrons. The molecule has 0 aliphatic carbocycles. The molecule has 0 bridgehead atoms. The predicted molar refractivity (Wildman–Crippen MR) is 81.8 cm³/mol. The van der Waals surface area contributed by atoms with Gasteiger partial charge in [-0.25, -0.2) is 0 Å². The Morgan fingerprint density at radius 1 is 1.05 bits per heavy atom. The monoisotopic (exact) mass is 340 g/mol. The fourth-order valence-corrected chi connectivity index (χ4v) is 2.72. The fraction of sp³-hybridized carbons (Fsp3) is 0.200. The lowest BCUT2D eigenvalue weighted by Gasteiger charge is -2.16. The summed E-state index contributed by atoms with van der Waals surface area (Å²) in [5.74, 6) is 1.60. The number of methoxy groups -OCH3 is 2. The van der Waals surface area contributed by atoms with Gasteiger partial charge < -0.3 is 9.47 Å². The average molecular weight is 342 g/mol. The molecule has 2 rings (SSSR count). The lowest BCUT2D eigenvalue weighted by Crippen LogP contribution is -1.98. The zero-order valence-electron chi connectivity index (χ0n) is 10.7. The van der Waals surface area contributed by atoms with Gasteiger partial charge in [0.05, 0.1) is 19.0 Å². The zero-order valence-corrected chi connectivity index (χ0v) is 13.0. The van der Waals surface area contributed by atoms with Crippen LogP contribution >= 0.6 is 27.5 Å². The van der Waals surface area contributed by atoms with E-state index < -0.39 is 0 Å². The van der Waals surface area contributed by atoms with E-state index >= 15 is 0 Å². The van der Waals surface area contributed by atoms with Gasteiger partial charge >= 0.3 is 0 Å². The van der Waals surface area contributed by atoms with Crippen molar-refractivity contribution in [3.63, 3.8) is 0 Å².